The van der Waals surface area contributed by atoms with Gasteiger partial charge in [0.05, 0.1) is 5.69 Å². The third-order valence-electron chi connectivity index (χ3n) is 4.50. The number of amides is 1. The fourth-order valence-corrected chi connectivity index (χ4v) is 3.21. The Bertz CT molecular complexity index is 707. The van der Waals surface area contributed by atoms with Crippen molar-refractivity contribution in [3.63, 3.8) is 0 Å². The summed E-state index contributed by atoms with van der Waals surface area (Å²) >= 11 is 0. The Morgan fingerprint density at radius 3 is 2.88 bits per heavy atom. The molecule has 0 spiro atoms. The smallest absolute Gasteiger partial charge is 0.223 e. The van der Waals surface area contributed by atoms with Crippen molar-refractivity contribution < 1.29 is 4.79 Å². The number of nitrogens with one attached hydrogen (secondary N) is 2. The van der Waals surface area contributed by atoms with E-state index >= 15 is 0 Å². The zero-order chi connectivity index (χ0) is 17.1. The SMILES string of the molecule is Cc1cc(C)n(-c2ccc(CNC(=O)[C@H]3CCN[C@@H](C)C3)cn2)n1. The third kappa shape index (κ3) is 3.82. The summed E-state index contributed by atoms with van der Waals surface area (Å²) in [7, 11) is 0. The van der Waals surface area contributed by atoms with Gasteiger partial charge in [0.15, 0.2) is 5.82 Å². The zero-order valence-electron chi connectivity index (χ0n) is 14.5. The molecule has 6 heteroatoms. The first kappa shape index (κ1) is 16.6. The van der Waals surface area contributed by atoms with E-state index in [1.54, 1.807) is 6.20 Å². The highest BCUT2D eigenvalue weighted by molar-refractivity contribution is 5.78. The Labute approximate surface area is 142 Å². The van der Waals surface area contributed by atoms with Crippen LogP contribution in [-0.2, 0) is 11.3 Å². The van der Waals surface area contributed by atoms with E-state index in [0.29, 0.717) is 12.6 Å². The van der Waals surface area contributed by atoms with Crippen molar-refractivity contribution in [2.24, 2.45) is 5.92 Å². The summed E-state index contributed by atoms with van der Waals surface area (Å²) in [6.45, 7) is 7.53. The first-order valence-corrected chi connectivity index (χ1v) is 8.52. The number of aryl methyl sites for hydroxylation is 2. The van der Waals surface area contributed by atoms with Crippen LogP contribution < -0.4 is 10.6 Å². The molecule has 2 aromatic rings. The number of hydrogen-bond acceptors (Lipinski definition) is 4. The average molecular weight is 327 g/mol. The molecule has 3 heterocycles. The summed E-state index contributed by atoms with van der Waals surface area (Å²) in [6.07, 6.45) is 3.61. The largest absolute Gasteiger partial charge is 0.352 e. The van der Waals surface area contributed by atoms with Gasteiger partial charge in [-0.2, -0.15) is 5.10 Å². The quantitative estimate of drug-likeness (QED) is 0.899. The van der Waals surface area contributed by atoms with Crippen LogP contribution in [-0.4, -0.2) is 33.3 Å². The van der Waals surface area contributed by atoms with Crippen molar-refractivity contribution in [2.75, 3.05) is 6.54 Å². The van der Waals surface area contributed by atoms with Crippen LogP contribution in [0.3, 0.4) is 0 Å². The summed E-state index contributed by atoms with van der Waals surface area (Å²) < 4.78 is 1.83. The Morgan fingerprint density at radius 2 is 2.25 bits per heavy atom. The van der Waals surface area contributed by atoms with Gasteiger partial charge in [0.1, 0.15) is 0 Å². The molecule has 2 aromatic heterocycles. The van der Waals surface area contributed by atoms with Gasteiger partial charge in [-0.15, -0.1) is 0 Å². The molecule has 0 bridgehead atoms. The normalized spacial score (nSPS) is 20.8. The lowest BCUT2D eigenvalue weighted by molar-refractivity contribution is -0.126. The molecule has 0 saturated carbocycles. The molecule has 3 rings (SSSR count). The fourth-order valence-electron chi connectivity index (χ4n) is 3.21. The first-order valence-electron chi connectivity index (χ1n) is 8.52. The number of rotatable bonds is 4. The number of carbonyl (C=O) groups excluding carboxylic acids is 1. The predicted molar refractivity (Wildman–Crippen MR) is 92.9 cm³/mol. The zero-order valence-corrected chi connectivity index (χ0v) is 14.5. The summed E-state index contributed by atoms with van der Waals surface area (Å²) in [5.41, 5.74) is 3.03. The molecule has 1 saturated heterocycles. The first-order chi connectivity index (χ1) is 11.5. The van der Waals surface area contributed by atoms with Gasteiger partial charge in [-0.05, 0) is 57.9 Å². The van der Waals surface area contributed by atoms with E-state index in [2.05, 4.69) is 27.6 Å². The Balaban J connectivity index is 1.58. The molecule has 6 nitrogen and oxygen atoms in total. The average Bonchev–Trinajstić information content (AvgIpc) is 2.91. The predicted octanol–water partition coefficient (Wildman–Crippen LogP) is 1.89. The summed E-state index contributed by atoms with van der Waals surface area (Å²) in [6, 6.07) is 6.37. The maximum atomic E-state index is 12.3. The van der Waals surface area contributed by atoms with Gasteiger partial charge < -0.3 is 10.6 Å². The second-order valence-electron chi connectivity index (χ2n) is 6.66. The second kappa shape index (κ2) is 7.13. The van der Waals surface area contributed by atoms with E-state index in [0.717, 1.165) is 42.2 Å². The fraction of sp³-hybridized carbons (Fsp3) is 0.500. The summed E-state index contributed by atoms with van der Waals surface area (Å²) in [5, 5.41) is 10.8. The highest BCUT2D eigenvalue weighted by Gasteiger charge is 2.24. The highest BCUT2D eigenvalue weighted by Crippen LogP contribution is 2.16. The Kier molecular flexibility index (Phi) is 4.94. The van der Waals surface area contributed by atoms with Crippen molar-refractivity contribution in [3.8, 4) is 5.82 Å². The van der Waals surface area contributed by atoms with Crippen molar-refractivity contribution in [3.05, 3.63) is 41.3 Å². The summed E-state index contributed by atoms with van der Waals surface area (Å²) in [4.78, 5) is 16.7. The van der Waals surface area contributed by atoms with Crippen molar-refractivity contribution in [1.29, 1.82) is 0 Å². The van der Waals surface area contributed by atoms with E-state index in [-0.39, 0.29) is 11.8 Å². The molecule has 0 radical (unpaired) electrons. The van der Waals surface area contributed by atoms with Crippen LogP contribution in [0.25, 0.3) is 5.82 Å². The molecular weight excluding hydrogens is 302 g/mol. The molecule has 1 aliphatic heterocycles. The number of aromatic nitrogens is 3. The molecule has 1 fully saturated rings. The topological polar surface area (TPSA) is 71.8 Å². The van der Waals surface area contributed by atoms with Crippen LogP contribution in [0.5, 0.6) is 0 Å². The number of hydrogen-bond donors (Lipinski definition) is 2. The standard InChI is InChI=1S/C18H25N5O/c1-12-9-16(6-7-19-12)18(24)21-11-15-4-5-17(20-10-15)23-14(3)8-13(2)22-23/h4-5,8,10,12,16,19H,6-7,9,11H2,1-3H3,(H,21,24)/t12-,16-/m0/s1. The molecular formula is C18H25N5O. The molecule has 2 atom stereocenters. The van der Waals surface area contributed by atoms with Crippen molar-refractivity contribution in [1.82, 2.24) is 25.4 Å². The molecule has 2 N–H and O–H groups in total. The van der Waals surface area contributed by atoms with Crippen LogP contribution in [0, 0.1) is 19.8 Å². The lowest BCUT2D eigenvalue weighted by Crippen LogP contribution is -2.42. The van der Waals surface area contributed by atoms with Gasteiger partial charge in [0.25, 0.3) is 0 Å². The van der Waals surface area contributed by atoms with Gasteiger partial charge in [0, 0.05) is 30.4 Å². The minimum atomic E-state index is 0.114. The van der Waals surface area contributed by atoms with E-state index in [9.17, 15) is 4.79 Å². The van der Waals surface area contributed by atoms with Crippen molar-refractivity contribution >= 4 is 5.91 Å². The summed E-state index contributed by atoms with van der Waals surface area (Å²) in [5.74, 6) is 1.05. The number of carbonyl (C=O) groups is 1. The van der Waals surface area contributed by atoms with Gasteiger partial charge in [-0.3, -0.25) is 4.79 Å². The van der Waals surface area contributed by atoms with E-state index in [1.807, 2.05) is 36.7 Å². The Morgan fingerprint density at radius 1 is 1.42 bits per heavy atom. The van der Waals surface area contributed by atoms with Crippen LogP contribution in [0.2, 0.25) is 0 Å². The lowest BCUT2D eigenvalue weighted by Gasteiger charge is -2.27. The van der Waals surface area contributed by atoms with E-state index < -0.39 is 0 Å². The van der Waals surface area contributed by atoms with Gasteiger partial charge in [-0.25, -0.2) is 9.67 Å². The molecule has 0 aliphatic carbocycles. The minimum absolute atomic E-state index is 0.114. The van der Waals surface area contributed by atoms with Gasteiger partial charge >= 0.3 is 0 Å². The maximum absolute atomic E-state index is 12.3. The van der Waals surface area contributed by atoms with Crippen LogP contribution in [0.4, 0.5) is 0 Å². The van der Waals surface area contributed by atoms with Gasteiger partial charge in [0.2, 0.25) is 5.91 Å². The van der Waals surface area contributed by atoms with Crippen LogP contribution in [0.15, 0.2) is 24.4 Å². The van der Waals surface area contributed by atoms with Gasteiger partial charge in [-0.1, -0.05) is 6.07 Å². The second-order valence-corrected chi connectivity index (χ2v) is 6.66. The van der Waals surface area contributed by atoms with E-state index in [4.69, 9.17) is 0 Å². The van der Waals surface area contributed by atoms with Crippen molar-refractivity contribution in [2.45, 2.75) is 46.2 Å². The molecule has 24 heavy (non-hydrogen) atoms. The molecule has 128 valence electrons. The van der Waals surface area contributed by atoms with E-state index in [1.165, 1.54) is 0 Å². The number of pyridine rings is 1. The lowest BCUT2D eigenvalue weighted by atomic mass is 9.92. The molecule has 0 aromatic carbocycles. The Hall–Kier alpha value is -2.21. The number of nitrogens with zero attached hydrogens (tertiary/aromatic N) is 3. The molecule has 1 amide bonds. The van der Waals surface area contributed by atoms with Crippen LogP contribution in [0.1, 0.15) is 36.7 Å². The van der Waals surface area contributed by atoms with Crippen LogP contribution >= 0.6 is 0 Å². The molecule has 1 aliphatic rings. The molecule has 0 unspecified atom stereocenters. The maximum Gasteiger partial charge on any atom is 0.223 e. The third-order valence-corrected chi connectivity index (χ3v) is 4.50. The minimum Gasteiger partial charge on any atom is -0.352 e. The highest BCUT2D eigenvalue weighted by atomic mass is 16.1. The monoisotopic (exact) mass is 327 g/mol. The number of piperidine rings is 1.